The van der Waals surface area contributed by atoms with E-state index in [2.05, 4.69) is 107 Å². The highest BCUT2D eigenvalue weighted by Crippen LogP contribution is 2.37. The van der Waals surface area contributed by atoms with Gasteiger partial charge in [-0.3, -0.25) is 0 Å². The average molecular weight is 1190 g/mol. The van der Waals surface area contributed by atoms with Gasteiger partial charge in [0.2, 0.25) is 0 Å². The monoisotopic (exact) mass is 1190 g/mol. The highest BCUT2D eigenvalue weighted by atomic mass is 28.4. The van der Waals surface area contributed by atoms with Crippen molar-refractivity contribution in [3.05, 3.63) is 155 Å². The summed E-state index contributed by atoms with van der Waals surface area (Å²) in [4.78, 5) is 0. The van der Waals surface area contributed by atoms with Crippen LogP contribution < -0.4 is 10.4 Å². The molecule has 0 aliphatic heterocycles. The van der Waals surface area contributed by atoms with Crippen LogP contribution in [0.25, 0.3) is 0 Å². The molecule has 1 N–H and O–H groups in total. The van der Waals surface area contributed by atoms with Gasteiger partial charge in [-0.15, -0.1) is 0 Å². The number of nitriles is 2. The van der Waals surface area contributed by atoms with Crippen molar-refractivity contribution in [1.82, 2.24) is 0 Å². The molecule has 0 aliphatic carbocycles. The van der Waals surface area contributed by atoms with Crippen LogP contribution in [-0.4, -0.2) is 65.3 Å². The molecule has 4 aromatic carbocycles. The fourth-order valence-corrected chi connectivity index (χ4v) is 15.2. The van der Waals surface area contributed by atoms with Crippen molar-refractivity contribution in [2.75, 3.05) is 39.6 Å². The number of benzene rings is 4. The normalized spacial score (nSPS) is 12.5. The molecule has 8 nitrogen and oxygen atoms in total. The van der Waals surface area contributed by atoms with Gasteiger partial charge in [0.05, 0.1) is 62.9 Å². The summed E-state index contributed by atoms with van der Waals surface area (Å²) in [6.07, 6.45) is 44.4. The van der Waals surface area contributed by atoms with Gasteiger partial charge in [0, 0.05) is 13.2 Å². The van der Waals surface area contributed by atoms with Gasteiger partial charge in [0.15, 0.2) is 0 Å². The minimum Gasteiger partial charge on any atom is -0.405 e. The first-order valence-corrected chi connectivity index (χ1v) is 34.8. The quantitative estimate of drug-likeness (QED) is 0.0264. The minimum atomic E-state index is -2.78. The second-order valence-corrected chi connectivity index (χ2v) is 28.3. The van der Waals surface area contributed by atoms with Crippen molar-refractivity contribution in [2.24, 2.45) is 0 Å². The molecular weight excluding hydrogens is 1080 g/mol. The number of hydrogen-bond acceptors (Lipinski definition) is 8. The van der Waals surface area contributed by atoms with Crippen LogP contribution in [-0.2, 0) is 36.6 Å². The van der Waals surface area contributed by atoms with Crippen LogP contribution in [0, 0.1) is 34.3 Å². The second-order valence-electron chi connectivity index (χ2n) is 24.0. The molecule has 85 heavy (non-hydrogen) atoms. The van der Waals surface area contributed by atoms with E-state index >= 15 is 0 Å². The first-order chi connectivity index (χ1) is 41.5. The summed E-state index contributed by atoms with van der Waals surface area (Å²) in [5, 5.41) is 30.0. The molecule has 0 saturated heterocycles. The van der Waals surface area contributed by atoms with Gasteiger partial charge in [0.1, 0.15) is 23.8 Å². The molecule has 11 heteroatoms. The third-order valence-corrected chi connectivity index (χ3v) is 20.5. The minimum absolute atomic E-state index is 0.134. The van der Waals surface area contributed by atoms with Gasteiger partial charge >= 0.3 is 0 Å². The van der Waals surface area contributed by atoms with E-state index in [0.29, 0.717) is 44.2 Å². The zero-order valence-corrected chi connectivity index (χ0v) is 54.3. The summed E-state index contributed by atoms with van der Waals surface area (Å²) in [6.45, 7) is 13.8. The van der Waals surface area contributed by atoms with E-state index in [1.807, 2.05) is 24.3 Å². The highest BCUT2D eigenvalue weighted by molar-refractivity contribution is 6.99. The van der Waals surface area contributed by atoms with Crippen molar-refractivity contribution in [1.29, 1.82) is 10.5 Å². The Labute approximate surface area is 515 Å². The zero-order chi connectivity index (χ0) is 61.3. The first kappa shape index (κ1) is 74.4. The summed E-state index contributed by atoms with van der Waals surface area (Å²) in [6, 6.07) is 33.6. The number of unbranched alkanes of at least 4 members (excludes halogenated alkanes) is 24. The SMILES string of the molecule is CCCCCCCC/C=C\CCCCCCCCOC[C@H](CO)OCc1cc(F)cc(C#N)c1.CCCCCCCC/C=C\CCCCCCCCOC[C@H](CO[Si](c1ccccc1)(c1ccccc1)C(C)(C)C)OCc1cc(F)cc(C#N)c1. The Hall–Kier alpha value is -4.82. The molecule has 4 aromatic rings. The number of nitrogens with zero attached hydrogens (tertiary/aromatic N) is 2. The second kappa shape index (κ2) is 48.2. The van der Waals surface area contributed by atoms with Crippen LogP contribution in [0.5, 0.6) is 0 Å². The molecule has 2 atom stereocenters. The zero-order valence-electron chi connectivity index (χ0n) is 53.3. The largest absolute Gasteiger partial charge is 0.405 e. The van der Waals surface area contributed by atoms with Crippen LogP contribution >= 0.6 is 0 Å². The van der Waals surface area contributed by atoms with Crippen molar-refractivity contribution in [3.63, 3.8) is 0 Å². The van der Waals surface area contributed by atoms with Gasteiger partial charge < -0.3 is 28.5 Å². The van der Waals surface area contributed by atoms with Gasteiger partial charge in [-0.2, -0.15) is 10.5 Å². The van der Waals surface area contributed by atoms with E-state index in [1.165, 1.54) is 189 Å². The standard InChI is InChI=1S/C45H64FNO3Si.C29H46FNO3/c1-5-6-7-8-9-10-11-12-13-14-15-16-17-18-19-26-31-48-37-42(49-36-40-32-39(35-47)33-41(46)34-40)38-50-51(45(2,3)4,43-27-22-20-23-28-43)44-29-24-21-25-30-44;1-2-3-4-5-6-7-8-9-10-11-12-13-14-15-16-17-18-33-25-29(23-32)34-24-27-19-26(22-31)20-28(30)21-27/h12-13,20-25,27-30,32-34,42H,5-11,14-19,26,31,36-38H2,1-4H3;9-10,19-21,29,32H,2-8,11-18,23-25H2,1H3/b13-12-;10-9-/t42-;29-/m10/s1. The lowest BCUT2D eigenvalue weighted by atomic mass is 10.1. The number of aliphatic hydroxyl groups excluding tert-OH is 1. The molecule has 0 fully saturated rings. The van der Waals surface area contributed by atoms with E-state index in [1.54, 1.807) is 12.1 Å². The molecular formula is C74H110F2N2O6Si. The molecule has 0 radical (unpaired) electrons. The summed E-state index contributed by atoms with van der Waals surface area (Å²) < 4.78 is 58.7. The lowest BCUT2D eigenvalue weighted by Gasteiger charge is -2.43. The molecule has 0 unspecified atom stereocenters. The lowest BCUT2D eigenvalue weighted by molar-refractivity contribution is -0.0503. The third-order valence-electron chi connectivity index (χ3n) is 15.5. The molecule has 470 valence electrons. The maximum Gasteiger partial charge on any atom is 0.261 e. The maximum atomic E-state index is 14.2. The number of aliphatic hydroxyl groups is 1. The van der Waals surface area contributed by atoms with E-state index in [9.17, 15) is 19.1 Å². The van der Waals surface area contributed by atoms with Crippen LogP contribution in [0.4, 0.5) is 8.78 Å². The molecule has 0 saturated carbocycles. The topological polar surface area (TPSA) is 114 Å². The Morgan fingerprint density at radius 3 is 1.19 bits per heavy atom. The van der Waals surface area contributed by atoms with Crippen LogP contribution in [0.15, 0.2) is 121 Å². The molecule has 0 bridgehead atoms. The highest BCUT2D eigenvalue weighted by Gasteiger charge is 2.50. The molecule has 4 rings (SSSR count). The van der Waals surface area contributed by atoms with Crippen molar-refractivity contribution in [2.45, 2.75) is 245 Å². The lowest BCUT2D eigenvalue weighted by Crippen LogP contribution is -2.67. The molecule has 0 heterocycles. The van der Waals surface area contributed by atoms with Gasteiger partial charge in [-0.1, -0.05) is 235 Å². The Morgan fingerprint density at radius 2 is 0.824 bits per heavy atom. The summed E-state index contributed by atoms with van der Waals surface area (Å²) in [5.74, 6) is -0.904. The van der Waals surface area contributed by atoms with Crippen molar-refractivity contribution < 1.29 is 37.3 Å². The van der Waals surface area contributed by atoms with Gasteiger partial charge in [-0.25, -0.2) is 8.78 Å². The Balaban J connectivity index is 0.000000484. The summed E-state index contributed by atoms with van der Waals surface area (Å²) in [5.41, 5.74) is 1.74. The van der Waals surface area contributed by atoms with Crippen molar-refractivity contribution in [3.8, 4) is 12.1 Å². The predicted octanol–water partition coefficient (Wildman–Crippen LogP) is 18.8. The number of hydrogen-bond donors (Lipinski definition) is 1. The maximum absolute atomic E-state index is 14.2. The number of halogens is 2. The summed E-state index contributed by atoms with van der Waals surface area (Å²) >= 11 is 0. The molecule has 0 spiro atoms. The average Bonchev–Trinajstić information content (AvgIpc) is 1.38. The summed E-state index contributed by atoms with van der Waals surface area (Å²) in [7, 11) is -2.78. The van der Waals surface area contributed by atoms with E-state index in [-0.39, 0.29) is 42.1 Å². The predicted molar refractivity (Wildman–Crippen MR) is 351 cm³/mol. The number of rotatable bonds is 48. The first-order valence-electron chi connectivity index (χ1n) is 32.9. The number of allylic oxidation sites excluding steroid dienone is 4. The Bertz CT molecular complexity index is 2380. The molecule has 0 aliphatic rings. The van der Waals surface area contributed by atoms with Crippen LogP contribution in [0.1, 0.15) is 237 Å². The third kappa shape index (κ3) is 33.8. The van der Waals surface area contributed by atoms with Crippen LogP contribution in [0.3, 0.4) is 0 Å². The van der Waals surface area contributed by atoms with Gasteiger partial charge in [-0.05, 0) is 127 Å². The smallest absolute Gasteiger partial charge is 0.261 e. The molecule has 0 aromatic heterocycles. The van der Waals surface area contributed by atoms with E-state index < -0.39 is 26.1 Å². The number of ether oxygens (including phenoxy) is 4. The Morgan fingerprint density at radius 1 is 0.471 bits per heavy atom. The Kier molecular flexibility index (Phi) is 42.2. The van der Waals surface area contributed by atoms with Gasteiger partial charge in [0.25, 0.3) is 8.32 Å². The fraction of sp³-hybridized carbons (Fsp3) is 0.595. The van der Waals surface area contributed by atoms with E-state index in [0.717, 1.165) is 25.7 Å². The van der Waals surface area contributed by atoms with Crippen molar-refractivity contribution >= 4 is 18.7 Å². The molecule has 0 amide bonds. The fourth-order valence-electron chi connectivity index (χ4n) is 10.6. The van der Waals surface area contributed by atoms with E-state index in [4.69, 9.17) is 28.6 Å². The van der Waals surface area contributed by atoms with Crippen LogP contribution in [0.2, 0.25) is 5.04 Å².